The van der Waals surface area contributed by atoms with Gasteiger partial charge in [-0.1, -0.05) is 12.1 Å². The van der Waals surface area contributed by atoms with Gasteiger partial charge in [0.05, 0.1) is 17.8 Å². The zero-order valence-electron chi connectivity index (χ0n) is 12.4. The topological polar surface area (TPSA) is 55.2 Å². The van der Waals surface area contributed by atoms with Crippen LogP contribution >= 0.6 is 0 Å². The summed E-state index contributed by atoms with van der Waals surface area (Å²) in [6.07, 6.45) is 3.59. The van der Waals surface area contributed by atoms with Crippen LogP contribution in [0.4, 0.5) is 5.69 Å². The molecule has 2 aromatic rings. The lowest BCUT2D eigenvalue weighted by atomic mass is 10.0. The number of amides is 1. The van der Waals surface area contributed by atoms with E-state index in [2.05, 4.69) is 4.98 Å². The number of ketones is 1. The molecule has 1 aliphatic rings. The quantitative estimate of drug-likeness (QED) is 0.812. The number of hydrogen-bond acceptors (Lipinski definition) is 3. The van der Waals surface area contributed by atoms with Crippen LogP contribution in [0.15, 0.2) is 24.5 Å². The molecule has 1 aromatic heterocycles. The number of fused-ring (bicyclic) bond motifs is 1. The molecule has 1 aliphatic heterocycles. The highest BCUT2D eigenvalue weighted by Gasteiger charge is 2.38. The third kappa shape index (κ3) is 1.96. The molecule has 0 fully saturated rings. The third-order valence-electron chi connectivity index (χ3n) is 3.97. The van der Waals surface area contributed by atoms with Gasteiger partial charge >= 0.3 is 0 Å². The van der Waals surface area contributed by atoms with E-state index in [0.29, 0.717) is 12.1 Å². The lowest BCUT2D eigenvalue weighted by Crippen LogP contribution is -2.30. The van der Waals surface area contributed by atoms with Gasteiger partial charge in [-0.2, -0.15) is 0 Å². The van der Waals surface area contributed by atoms with E-state index in [9.17, 15) is 9.59 Å². The maximum absolute atomic E-state index is 12.3. The van der Waals surface area contributed by atoms with Crippen molar-refractivity contribution in [2.24, 2.45) is 0 Å². The molecule has 0 N–H and O–H groups in total. The van der Waals surface area contributed by atoms with Crippen molar-refractivity contribution in [3.63, 3.8) is 0 Å². The van der Waals surface area contributed by atoms with Gasteiger partial charge in [0.15, 0.2) is 0 Å². The Bertz CT molecular complexity index is 746. The Hall–Kier alpha value is -2.43. The Morgan fingerprint density at radius 2 is 1.86 bits per heavy atom. The van der Waals surface area contributed by atoms with Gasteiger partial charge in [0.2, 0.25) is 0 Å². The number of aryl methyl sites for hydroxylation is 3. The maximum atomic E-state index is 12.3. The predicted octanol–water partition coefficient (Wildman–Crippen LogP) is 2.25. The Kier molecular flexibility index (Phi) is 3.12. The molecule has 1 amide bonds. The molecule has 2 heterocycles. The summed E-state index contributed by atoms with van der Waals surface area (Å²) in [4.78, 5) is 30.4. The summed E-state index contributed by atoms with van der Waals surface area (Å²) >= 11 is 0. The largest absolute Gasteiger partial charge is 0.334 e. The molecule has 0 bridgehead atoms. The van der Waals surface area contributed by atoms with E-state index >= 15 is 0 Å². The standard InChI is InChI=1S/C16H17N3O2/c1-4-18-8-7-17-12(18)9-19-14-11(3)6-5-10(2)13(14)15(20)16(19)21/h5-8H,4,9H2,1-3H3. The van der Waals surface area contributed by atoms with E-state index in [-0.39, 0.29) is 0 Å². The Balaban J connectivity index is 2.08. The molecule has 1 aromatic carbocycles. The van der Waals surface area contributed by atoms with Crippen LogP contribution in [0.2, 0.25) is 0 Å². The summed E-state index contributed by atoms with van der Waals surface area (Å²) in [5.74, 6) is -0.0961. The van der Waals surface area contributed by atoms with Gasteiger partial charge in [-0.15, -0.1) is 0 Å². The van der Waals surface area contributed by atoms with Crippen molar-refractivity contribution in [2.75, 3.05) is 4.90 Å². The SMILES string of the molecule is CCn1ccnc1CN1C(=O)C(=O)c2c(C)ccc(C)c21. The summed E-state index contributed by atoms with van der Waals surface area (Å²) < 4.78 is 1.97. The van der Waals surface area contributed by atoms with Crippen LogP contribution in [-0.4, -0.2) is 21.2 Å². The molecule has 21 heavy (non-hydrogen) atoms. The zero-order chi connectivity index (χ0) is 15.1. The molecule has 108 valence electrons. The average molecular weight is 283 g/mol. The van der Waals surface area contributed by atoms with Gasteiger partial charge in [-0.05, 0) is 31.9 Å². The van der Waals surface area contributed by atoms with E-state index in [1.165, 1.54) is 0 Å². The van der Waals surface area contributed by atoms with Gasteiger partial charge in [0, 0.05) is 18.9 Å². The van der Waals surface area contributed by atoms with Crippen molar-refractivity contribution in [1.82, 2.24) is 9.55 Å². The maximum Gasteiger partial charge on any atom is 0.299 e. The fourth-order valence-corrected chi connectivity index (χ4v) is 2.83. The summed E-state index contributed by atoms with van der Waals surface area (Å²) in [7, 11) is 0. The first kappa shape index (κ1) is 13.5. The van der Waals surface area contributed by atoms with Crippen molar-refractivity contribution < 1.29 is 9.59 Å². The zero-order valence-corrected chi connectivity index (χ0v) is 12.4. The average Bonchev–Trinajstić information content (AvgIpc) is 3.02. The molecule has 0 saturated carbocycles. The van der Waals surface area contributed by atoms with Crippen LogP contribution in [0.1, 0.15) is 34.2 Å². The van der Waals surface area contributed by atoms with Crippen molar-refractivity contribution in [2.45, 2.75) is 33.9 Å². The molecule has 0 aliphatic carbocycles. The lowest BCUT2D eigenvalue weighted by Gasteiger charge is -2.19. The second-order valence-corrected chi connectivity index (χ2v) is 5.27. The number of benzene rings is 1. The van der Waals surface area contributed by atoms with E-state index in [0.717, 1.165) is 29.2 Å². The van der Waals surface area contributed by atoms with Gasteiger partial charge in [0.25, 0.3) is 11.7 Å². The number of imidazole rings is 1. The van der Waals surface area contributed by atoms with Crippen LogP contribution in [0.5, 0.6) is 0 Å². The molecule has 5 heteroatoms. The minimum absolute atomic E-state index is 0.322. The number of carbonyl (C=O) groups excluding carboxylic acids is 2. The number of rotatable bonds is 3. The number of anilines is 1. The highest BCUT2D eigenvalue weighted by Crippen LogP contribution is 2.35. The first-order chi connectivity index (χ1) is 10.0. The summed E-state index contributed by atoms with van der Waals surface area (Å²) in [5, 5.41) is 0. The Morgan fingerprint density at radius 1 is 1.14 bits per heavy atom. The summed E-state index contributed by atoms with van der Waals surface area (Å²) in [6, 6.07) is 3.83. The first-order valence-corrected chi connectivity index (χ1v) is 7.01. The summed E-state index contributed by atoms with van der Waals surface area (Å²) in [5.41, 5.74) is 3.05. The molecular weight excluding hydrogens is 266 g/mol. The fourth-order valence-electron chi connectivity index (χ4n) is 2.83. The van der Waals surface area contributed by atoms with Crippen LogP contribution in [0.25, 0.3) is 0 Å². The van der Waals surface area contributed by atoms with E-state index in [1.54, 1.807) is 11.1 Å². The number of Topliss-reactive ketones (excluding diaryl/α,β-unsaturated/α-hetero) is 1. The molecule has 0 radical (unpaired) electrons. The molecule has 5 nitrogen and oxygen atoms in total. The van der Waals surface area contributed by atoms with E-state index < -0.39 is 11.7 Å². The minimum atomic E-state index is -0.465. The predicted molar refractivity (Wildman–Crippen MR) is 79.3 cm³/mol. The van der Waals surface area contributed by atoms with Crippen molar-refractivity contribution in [3.8, 4) is 0 Å². The molecule has 0 atom stereocenters. The normalized spacial score (nSPS) is 14.0. The number of hydrogen-bond donors (Lipinski definition) is 0. The van der Waals surface area contributed by atoms with Crippen LogP contribution < -0.4 is 4.90 Å². The van der Waals surface area contributed by atoms with E-state index in [1.807, 2.05) is 43.7 Å². The Labute approximate surface area is 123 Å². The molecule has 0 unspecified atom stereocenters. The van der Waals surface area contributed by atoms with Crippen LogP contribution in [-0.2, 0) is 17.9 Å². The van der Waals surface area contributed by atoms with Crippen LogP contribution in [0, 0.1) is 13.8 Å². The summed E-state index contributed by atoms with van der Waals surface area (Å²) in [6.45, 7) is 6.91. The second kappa shape index (κ2) is 4.84. The molecular formula is C16H17N3O2. The Morgan fingerprint density at radius 3 is 2.57 bits per heavy atom. The number of aromatic nitrogens is 2. The third-order valence-corrected chi connectivity index (χ3v) is 3.97. The monoisotopic (exact) mass is 283 g/mol. The molecule has 0 spiro atoms. The van der Waals surface area contributed by atoms with Crippen molar-refractivity contribution in [1.29, 1.82) is 0 Å². The van der Waals surface area contributed by atoms with E-state index in [4.69, 9.17) is 0 Å². The minimum Gasteiger partial charge on any atom is -0.334 e. The molecule has 0 saturated heterocycles. The molecule has 3 rings (SSSR count). The highest BCUT2D eigenvalue weighted by atomic mass is 16.2. The van der Waals surface area contributed by atoms with Gasteiger partial charge in [-0.3, -0.25) is 14.5 Å². The van der Waals surface area contributed by atoms with Gasteiger partial charge < -0.3 is 4.57 Å². The first-order valence-electron chi connectivity index (χ1n) is 7.01. The lowest BCUT2D eigenvalue weighted by molar-refractivity contribution is -0.114. The number of nitrogens with zero attached hydrogens (tertiary/aromatic N) is 3. The highest BCUT2D eigenvalue weighted by molar-refractivity contribution is 6.52. The van der Waals surface area contributed by atoms with Gasteiger partial charge in [-0.25, -0.2) is 4.98 Å². The van der Waals surface area contributed by atoms with Crippen LogP contribution in [0.3, 0.4) is 0 Å². The van der Waals surface area contributed by atoms with Crippen molar-refractivity contribution in [3.05, 3.63) is 47.0 Å². The van der Waals surface area contributed by atoms with Crippen molar-refractivity contribution >= 4 is 17.4 Å². The smallest absolute Gasteiger partial charge is 0.299 e. The van der Waals surface area contributed by atoms with Gasteiger partial charge in [0.1, 0.15) is 5.82 Å². The fraction of sp³-hybridized carbons (Fsp3) is 0.312. The second-order valence-electron chi connectivity index (χ2n) is 5.27. The number of carbonyl (C=O) groups is 2.